The Balaban J connectivity index is 0.00000200. The second kappa shape index (κ2) is 7.67. The van der Waals surface area contributed by atoms with E-state index in [2.05, 4.69) is 16.8 Å². The molecule has 1 atom stereocenters. The van der Waals surface area contributed by atoms with Gasteiger partial charge in [-0.05, 0) is 24.1 Å². The molecule has 1 aromatic rings. The average Bonchev–Trinajstić information content (AvgIpc) is 2.42. The maximum absolute atomic E-state index is 13.3. The number of nitrogens with one attached hydrogen (secondary N) is 1. The van der Waals surface area contributed by atoms with Crippen molar-refractivity contribution in [2.75, 3.05) is 26.2 Å². The van der Waals surface area contributed by atoms with Crippen LogP contribution in [-0.4, -0.2) is 31.1 Å². The molecule has 0 bridgehead atoms. The minimum absolute atomic E-state index is 0. The van der Waals surface area contributed by atoms with Gasteiger partial charge in [-0.15, -0.1) is 19.0 Å². The van der Waals surface area contributed by atoms with E-state index >= 15 is 0 Å². The second-order valence-electron chi connectivity index (χ2n) is 4.62. The van der Waals surface area contributed by atoms with Crippen LogP contribution in [0.4, 0.5) is 13.2 Å². The summed E-state index contributed by atoms with van der Waals surface area (Å²) in [6, 6.07) is 1.99. The SMILES string of the molecule is C=CC[C@H](c1cc(F)c(F)c(F)c1)N1CCNCC1.Cl. The smallest absolute Gasteiger partial charge is 0.194 e. The van der Waals surface area contributed by atoms with Crippen molar-refractivity contribution < 1.29 is 13.2 Å². The first-order valence-electron chi connectivity index (χ1n) is 6.33. The molecule has 0 radical (unpaired) electrons. The highest BCUT2D eigenvalue weighted by Crippen LogP contribution is 2.27. The van der Waals surface area contributed by atoms with Crippen LogP contribution in [0.5, 0.6) is 0 Å². The van der Waals surface area contributed by atoms with Crippen molar-refractivity contribution in [3.8, 4) is 0 Å². The van der Waals surface area contributed by atoms with Crippen molar-refractivity contribution in [1.82, 2.24) is 10.2 Å². The zero-order chi connectivity index (χ0) is 13.8. The normalized spacial score (nSPS) is 17.4. The van der Waals surface area contributed by atoms with Crippen molar-refractivity contribution in [2.24, 2.45) is 0 Å². The van der Waals surface area contributed by atoms with Gasteiger partial charge in [0.05, 0.1) is 0 Å². The number of hydrogen-bond acceptors (Lipinski definition) is 2. The summed E-state index contributed by atoms with van der Waals surface area (Å²) in [7, 11) is 0. The van der Waals surface area contributed by atoms with Crippen LogP contribution >= 0.6 is 12.4 Å². The van der Waals surface area contributed by atoms with Gasteiger partial charge >= 0.3 is 0 Å². The Bertz CT molecular complexity index is 439. The average molecular weight is 307 g/mol. The number of nitrogens with zero attached hydrogens (tertiary/aromatic N) is 1. The molecule has 1 saturated heterocycles. The molecule has 112 valence electrons. The minimum atomic E-state index is -1.42. The lowest BCUT2D eigenvalue weighted by molar-refractivity contribution is 0.173. The third-order valence-electron chi connectivity index (χ3n) is 3.37. The van der Waals surface area contributed by atoms with Crippen LogP contribution in [0.1, 0.15) is 18.0 Å². The number of halogens is 4. The van der Waals surface area contributed by atoms with E-state index < -0.39 is 17.5 Å². The van der Waals surface area contributed by atoms with Crippen molar-refractivity contribution in [3.05, 3.63) is 47.8 Å². The highest BCUT2D eigenvalue weighted by atomic mass is 35.5. The van der Waals surface area contributed by atoms with E-state index in [9.17, 15) is 13.2 Å². The van der Waals surface area contributed by atoms with Crippen molar-refractivity contribution in [2.45, 2.75) is 12.5 Å². The molecule has 0 unspecified atom stereocenters. The Labute approximate surface area is 123 Å². The molecule has 6 heteroatoms. The van der Waals surface area contributed by atoms with Gasteiger partial charge < -0.3 is 5.32 Å². The summed E-state index contributed by atoms with van der Waals surface area (Å²) in [5.74, 6) is -3.69. The fraction of sp³-hybridized carbons (Fsp3) is 0.429. The topological polar surface area (TPSA) is 15.3 Å². The zero-order valence-electron chi connectivity index (χ0n) is 11.0. The maximum Gasteiger partial charge on any atom is 0.194 e. The molecule has 1 aromatic carbocycles. The molecule has 1 aliphatic rings. The van der Waals surface area contributed by atoms with Gasteiger partial charge in [0.15, 0.2) is 17.5 Å². The summed E-state index contributed by atoms with van der Waals surface area (Å²) in [6.07, 6.45) is 2.29. The summed E-state index contributed by atoms with van der Waals surface area (Å²) >= 11 is 0. The van der Waals surface area contributed by atoms with E-state index in [-0.39, 0.29) is 18.4 Å². The molecule has 20 heavy (non-hydrogen) atoms. The van der Waals surface area contributed by atoms with Crippen LogP contribution < -0.4 is 5.32 Å². The molecule has 0 spiro atoms. The Morgan fingerprint density at radius 3 is 2.25 bits per heavy atom. The summed E-state index contributed by atoms with van der Waals surface area (Å²) in [4.78, 5) is 2.13. The Morgan fingerprint density at radius 1 is 1.20 bits per heavy atom. The van der Waals surface area contributed by atoms with Gasteiger partial charge in [0.1, 0.15) is 0 Å². The number of hydrogen-bond donors (Lipinski definition) is 1. The van der Waals surface area contributed by atoms with Gasteiger partial charge in [-0.1, -0.05) is 6.08 Å². The Morgan fingerprint density at radius 2 is 1.75 bits per heavy atom. The quantitative estimate of drug-likeness (QED) is 0.679. The third-order valence-corrected chi connectivity index (χ3v) is 3.37. The highest BCUT2D eigenvalue weighted by molar-refractivity contribution is 5.85. The lowest BCUT2D eigenvalue weighted by Gasteiger charge is -2.34. The molecule has 1 aliphatic heterocycles. The molecule has 1 heterocycles. The highest BCUT2D eigenvalue weighted by Gasteiger charge is 2.23. The van der Waals surface area contributed by atoms with Crippen LogP contribution in [0.15, 0.2) is 24.8 Å². The second-order valence-corrected chi connectivity index (χ2v) is 4.62. The van der Waals surface area contributed by atoms with Crippen molar-refractivity contribution in [1.29, 1.82) is 0 Å². The van der Waals surface area contributed by atoms with Gasteiger partial charge in [-0.3, -0.25) is 4.90 Å². The van der Waals surface area contributed by atoms with Crippen LogP contribution in [0.3, 0.4) is 0 Å². The molecule has 0 aliphatic carbocycles. The standard InChI is InChI=1S/C14H17F3N2.ClH/c1-2-3-13(19-6-4-18-5-7-19)10-8-11(15)14(17)12(16)9-10;/h2,8-9,13,18H,1,3-7H2;1H/t13-;/m1./s1. The molecule has 2 rings (SSSR count). The van der Waals surface area contributed by atoms with E-state index in [1.54, 1.807) is 6.08 Å². The maximum atomic E-state index is 13.3. The number of benzene rings is 1. The van der Waals surface area contributed by atoms with E-state index in [4.69, 9.17) is 0 Å². The predicted octanol–water partition coefficient (Wildman–Crippen LogP) is 3.05. The summed E-state index contributed by atoms with van der Waals surface area (Å²) in [6.45, 7) is 6.93. The van der Waals surface area contributed by atoms with Crippen molar-refractivity contribution in [3.63, 3.8) is 0 Å². The zero-order valence-corrected chi connectivity index (χ0v) is 11.9. The number of piperazine rings is 1. The molecule has 0 amide bonds. The molecular formula is C14H18ClF3N2. The van der Waals surface area contributed by atoms with E-state index in [1.165, 1.54) is 0 Å². The Hall–Kier alpha value is -1.04. The predicted molar refractivity (Wildman–Crippen MR) is 75.6 cm³/mol. The lowest BCUT2D eigenvalue weighted by atomic mass is 10.0. The first-order valence-corrected chi connectivity index (χ1v) is 6.33. The summed E-state index contributed by atoms with van der Waals surface area (Å²) in [5.41, 5.74) is 0.457. The molecule has 1 N–H and O–H groups in total. The fourth-order valence-corrected chi connectivity index (χ4v) is 2.42. The van der Waals surface area contributed by atoms with E-state index in [0.29, 0.717) is 12.0 Å². The van der Waals surface area contributed by atoms with Gasteiger partial charge in [0.2, 0.25) is 0 Å². The van der Waals surface area contributed by atoms with Crippen LogP contribution in [0.25, 0.3) is 0 Å². The first kappa shape index (κ1) is 17.0. The van der Waals surface area contributed by atoms with Crippen molar-refractivity contribution >= 4 is 12.4 Å². The molecule has 1 fully saturated rings. The van der Waals surface area contributed by atoms with E-state index in [0.717, 1.165) is 38.3 Å². The lowest BCUT2D eigenvalue weighted by Crippen LogP contribution is -2.45. The van der Waals surface area contributed by atoms with Crippen LogP contribution in [0.2, 0.25) is 0 Å². The van der Waals surface area contributed by atoms with Crippen LogP contribution in [0, 0.1) is 17.5 Å². The monoisotopic (exact) mass is 306 g/mol. The van der Waals surface area contributed by atoms with Gasteiger partial charge in [0, 0.05) is 32.2 Å². The van der Waals surface area contributed by atoms with Gasteiger partial charge in [0.25, 0.3) is 0 Å². The van der Waals surface area contributed by atoms with E-state index in [1.807, 2.05) is 0 Å². The molecule has 0 saturated carbocycles. The van der Waals surface area contributed by atoms with Gasteiger partial charge in [-0.25, -0.2) is 13.2 Å². The molecular weight excluding hydrogens is 289 g/mol. The largest absolute Gasteiger partial charge is 0.314 e. The minimum Gasteiger partial charge on any atom is -0.314 e. The fourth-order valence-electron chi connectivity index (χ4n) is 2.42. The summed E-state index contributed by atoms with van der Waals surface area (Å²) < 4.78 is 39.7. The van der Waals surface area contributed by atoms with Gasteiger partial charge in [-0.2, -0.15) is 0 Å². The van der Waals surface area contributed by atoms with Crippen LogP contribution in [-0.2, 0) is 0 Å². The number of rotatable bonds is 4. The summed E-state index contributed by atoms with van der Waals surface area (Å²) in [5, 5.41) is 3.22. The first-order chi connectivity index (χ1) is 9.13. The Kier molecular flexibility index (Phi) is 6.52. The third kappa shape index (κ3) is 3.75. The molecule has 2 nitrogen and oxygen atoms in total. The molecule has 0 aromatic heterocycles.